The zero-order valence-electron chi connectivity index (χ0n) is 8.99. The number of nitrogens with one attached hydrogen (secondary N) is 1. The molecule has 0 bridgehead atoms. The predicted molar refractivity (Wildman–Crippen MR) is 62.6 cm³/mol. The van der Waals surface area contributed by atoms with E-state index in [1.165, 1.54) is 17.0 Å². The van der Waals surface area contributed by atoms with Crippen LogP contribution in [0.5, 0.6) is 0 Å². The Bertz CT molecular complexity index is 441. The second-order valence-electron chi connectivity index (χ2n) is 3.95. The average molecular weight is 259 g/mol. The molecule has 0 spiro atoms. The highest BCUT2D eigenvalue weighted by molar-refractivity contribution is 6.30. The molecule has 1 heterocycles. The maximum Gasteiger partial charge on any atom is 0.321 e. The van der Waals surface area contributed by atoms with Gasteiger partial charge in [-0.05, 0) is 24.6 Å². The topological polar surface area (TPSA) is 52.6 Å². The molecule has 0 unspecified atom stereocenters. The highest BCUT2D eigenvalue weighted by atomic mass is 35.5. The number of carbonyl (C=O) groups is 1. The SMILES string of the molecule is O=C(Nc1ccc(Cl)c(F)c1)N1CC[C@@H](O)C1. The second-order valence-corrected chi connectivity index (χ2v) is 4.35. The minimum absolute atomic E-state index is 0.0135. The van der Waals surface area contributed by atoms with Crippen LogP contribution in [0.1, 0.15) is 6.42 Å². The van der Waals surface area contributed by atoms with Gasteiger partial charge >= 0.3 is 6.03 Å². The van der Waals surface area contributed by atoms with Crippen LogP contribution in [0.2, 0.25) is 5.02 Å². The summed E-state index contributed by atoms with van der Waals surface area (Å²) in [4.78, 5) is 13.2. The zero-order valence-corrected chi connectivity index (χ0v) is 9.75. The number of β-amino-alcohol motifs (C(OH)–C–C–N with tert-alkyl or cyclic N) is 1. The lowest BCUT2D eigenvalue weighted by molar-refractivity contribution is 0.176. The molecule has 0 aliphatic carbocycles. The first kappa shape index (κ1) is 12.1. The number of nitrogens with zero attached hydrogens (tertiary/aromatic N) is 1. The van der Waals surface area contributed by atoms with Crippen LogP contribution in [-0.4, -0.2) is 35.2 Å². The van der Waals surface area contributed by atoms with Crippen molar-refractivity contribution in [3.8, 4) is 0 Å². The predicted octanol–water partition coefficient (Wildman–Crippen LogP) is 2.08. The minimum atomic E-state index is -0.578. The summed E-state index contributed by atoms with van der Waals surface area (Å²) in [5.74, 6) is -0.578. The Morgan fingerprint density at radius 1 is 1.59 bits per heavy atom. The number of halogens is 2. The van der Waals surface area contributed by atoms with Crippen molar-refractivity contribution in [3.63, 3.8) is 0 Å². The lowest BCUT2D eigenvalue weighted by Gasteiger charge is -2.16. The summed E-state index contributed by atoms with van der Waals surface area (Å²) in [6, 6.07) is 3.72. The maximum absolute atomic E-state index is 13.1. The number of urea groups is 1. The molecule has 4 nitrogen and oxygen atoms in total. The molecule has 2 rings (SSSR count). The fourth-order valence-electron chi connectivity index (χ4n) is 1.70. The van der Waals surface area contributed by atoms with E-state index >= 15 is 0 Å². The molecule has 1 aliphatic rings. The molecule has 1 fully saturated rings. The quantitative estimate of drug-likeness (QED) is 0.810. The van der Waals surface area contributed by atoms with Crippen LogP contribution in [-0.2, 0) is 0 Å². The summed E-state index contributed by atoms with van der Waals surface area (Å²) >= 11 is 5.53. The number of aliphatic hydroxyl groups excluding tert-OH is 1. The van der Waals surface area contributed by atoms with Crippen molar-refractivity contribution in [2.45, 2.75) is 12.5 Å². The molecule has 1 aromatic rings. The molecule has 17 heavy (non-hydrogen) atoms. The summed E-state index contributed by atoms with van der Waals surface area (Å²) in [5.41, 5.74) is 0.346. The van der Waals surface area contributed by atoms with Gasteiger partial charge in [0.05, 0.1) is 11.1 Å². The number of hydrogen-bond acceptors (Lipinski definition) is 2. The van der Waals surface area contributed by atoms with Gasteiger partial charge in [0.1, 0.15) is 5.82 Å². The molecule has 2 amide bonds. The normalized spacial score (nSPS) is 19.5. The Kier molecular flexibility index (Phi) is 3.49. The van der Waals surface area contributed by atoms with Gasteiger partial charge in [-0.15, -0.1) is 0 Å². The Morgan fingerprint density at radius 2 is 2.35 bits per heavy atom. The number of anilines is 1. The first-order chi connectivity index (χ1) is 8.06. The van der Waals surface area contributed by atoms with Crippen molar-refractivity contribution in [3.05, 3.63) is 29.0 Å². The van der Waals surface area contributed by atoms with Crippen molar-refractivity contribution in [1.82, 2.24) is 4.90 Å². The molecule has 1 aromatic carbocycles. The third-order valence-electron chi connectivity index (χ3n) is 2.62. The lowest BCUT2D eigenvalue weighted by atomic mass is 10.3. The van der Waals surface area contributed by atoms with Gasteiger partial charge in [-0.2, -0.15) is 0 Å². The van der Waals surface area contributed by atoms with E-state index < -0.39 is 11.9 Å². The van der Waals surface area contributed by atoms with Gasteiger partial charge in [0.25, 0.3) is 0 Å². The van der Waals surface area contributed by atoms with Gasteiger partial charge in [0.2, 0.25) is 0 Å². The zero-order chi connectivity index (χ0) is 12.4. The lowest BCUT2D eigenvalue weighted by Crippen LogP contribution is -2.33. The Labute approximate surface area is 103 Å². The monoisotopic (exact) mass is 258 g/mol. The fourth-order valence-corrected chi connectivity index (χ4v) is 1.82. The molecule has 0 radical (unpaired) electrons. The molecule has 92 valence electrons. The van der Waals surface area contributed by atoms with E-state index in [2.05, 4.69) is 5.32 Å². The van der Waals surface area contributed by atoms with E-state index in [4.69, 9.17) is 11.6 Å². The Hall–Kier alpha value is -1.33. The highest BCUT2D eigenvalue weighted by Crippen LogP contribution is 2.19. The molecular formula is C11H12ClFN2O2. The smallest absolute Gasteiger partial charge is 0.321 e. The van der Waals surface area contributed by atoms with Crippen LogP contribution in [0.4, 0.5) is 14.9 Å². The van der Waals surface area contributed by atoms with E-state index in [1.807, 2.05) is 0 Å². The summed E-state index contributed by atoms with van der Waals surface area (Å²) in [7, 11) is 0. The third kappa shape index (κ3) is 2.87. The molecule has 1 aliphatic heterocycles. The molecule has 6 heteroatoms. The van der Waals surface area contributed by atoms with Crippen LogP contribution in [0, 0.1) is 5.82 Å². The second kappa shape index (κ2) is 4.89. The van der Waals surface area contributed by atoms with E-state index in [0.29, 0.717) is 25.2 Å². The average Bonchev–Trinajstić information content (AvgIpc) is 2.70. The summed E-state index contributed by atoms with van der Waals surface area (Å²) in [6.45, 7) is 0.810. The number of rotatable bonds is 1. The Balaban J connectivity index is 2.00. The van der Waals surface area contributed by atoms with Crippen LogP contribution >= 0.6 is 11.6 Å². The molecule has 0 saturated carbocycles. The first-order valence-electron chi connectivity index (χ1n) is 5.25. The summed E-state index contributed by atoms with van der Waals surface area (Å²) in [6.07, 6.45) is 0.102. The van der Waals surface area contributed by atoms with Gasteiger partial charge in [-0.1, -0.05) is 11.6 Å². The number of aliphatic hydroxyl groups is 1. The molecular weight excluding hydrogens is 247 g/mol. The highest BCUT2D eigenvalue weighted by Gasteiger charge is 2.24. The number of hydrogen-bond donors (Lipinski definition) is 2. The van der Waals surface area contributed by atoms with E-state index in [9.17, 15) is 14.3 Å². The summed E-state index contributed by atoms with van der Waals surface area (Å²) < 4.78 is 13.1. The van der Waals surface area contributed by atoms with Gasteiger partial charge in [-0.25, -0.2) is 9.18 Å². The van der Waals surface area contributed by atoms with Crippen molar-refractivity contribution >= 4 is 23.3 Å². The molecule has 2 N–H and O–H groups in total. The maximum atomic E-state index is 13.1. The van der Waals surface area contributed by atoms with E-state index in [-0.39, 0.29) is 11.1 Å². The summed E-state index contributed by atoms with van der Waals surface area (Å²) in [5, 5.41) is 11.9. The first-order valence-corrected chi connectivity index (χ1v) is 5.63. The molecule has 1 saturated heterocycles. The fraction of sp³-hybridized carbons (Fsp3) is 0.364. The van der Waals surface area contributed by atoms with Crippen LogP contribution in [0.25, 0.3) is 0 Å². The van der Waals surface area contributed by atoms with E-state index in [0.717, 1.165) is 6.07 Å². The van der Waals surface area contributed by atoms with Gasteiger partial charge in [0.15, 0.2) is 0 Å². The van der Waals surface area contributed by atoms with Crippen LogP contribution < -0.4 is 5.32 Å². The minimum Gasteiger partial charge on any atom is -0.391 e. The van der Waals surface area contributed by atoms with Crippen LogP contribution in [0.15, 0.2) is 18.2 Å². The largest absolute Gasteiger partial charge is 0.391 e. The third-order valence-corrected chi connectivity index (χ3v) is 2.93. The number of likely N-dealkylation sites (tertiary alicyclic amines) is 1. The number of carbonyl (C=O) groups excluding carboxylic acids is 1. The van der Waals surface area contributed by atoms with Gasteiger partial charge in [-0.3, -0.25) is 0 Å². The Morgan fingerprint density at radius 3 is 2.94 bits per heavy atom. The van der Waals surface area contributed by atoms with Gasteiger partial charge < -0.3 is 15.3 Å². The van der Waals surface area contributed by atoms with Crippen molar-refractivity contribution < 1.29 is 14.3 Å². The van der Waals surface area contributed by atoms with E-state index in [1.54, 1.807) is 0 Å². The molecule has 1 atom stereocenters. The number of amides is 2. The van der Waals surface area contributed by atoms with Crippen molar-refractivity contribution in [2.75, 3.05) is 18.4 Å². The standard InChI is InChI=1S/C11H12ClFN2O2/c12-9-2-1-7(5-10(9)13)14-11(17)15-4-3-8(16)6-15/h1-2,5,8,16H,3-4,6H2,(H,14,17)/t8-/m1/s1. The molecule has 0 aromatic heterocycles. The number of benzene rings is 1. The van der Waals surface area contributed by atoms with Crippen molar-refractivity contribution in [2.24, 2.45) is 0 Å². The van der Waals surface area contributed by atoms with Gasteiger partial charge in [0, 0.05) is 18.8 Å². The van der Waals surface area contributed by atoms with Crippen molar-refractivity contribution in [1.29, 1.82) is 0 Å². The van der Waals surface area contributed by atoms with Crippen LogP contribution in [0.3, 0.4) is 0 Å².